The van der Waals surface area contributed by atoms with Gasteiger partial charge in [-0.2, -0.15) is 0 Å². The zero-order valence-electron chi connectivity index (χ0n) is 13.0. The van der Waals surface area contributed by atoms with Crippen LogP contribution in [-0.2, 0) is 0 Å². The maximum absolute atomic E-state index is 5.98. The lowest BCUT2D eigenvalue weighted by atomic mass is 10.1. The first kappa shape index (κ1) is 14.9. The van der Waals surface area contributed by atoms with E-state index in [0.717, 1.165) is 29.6 Å². The summed E-state index contributed by atoms with van der Waals surface area (Å²) in [6.07, 6.45) is 5.38. The second-order valence-electron chi connectivity index (χ2n) is 5.67. The SMILES string of the molecule is COc1cc2c(N)ccnc2cc1OCCCN1CCCC1. The standard InChI is InChI=1S/C17H23N3O2/c1-21-16-11-13-14(18)5-6-19-15(13)12-17(16)22-10-4-9-20-7-2-3-8-20/h5-6,11-12H,2-4,7-10H2,1H3,(H2,18,19). The number of benzene rings is 1. The number of aromatic nitrogens is 1. The van der Waals surface area contributed by atoms with Crippen molar-refractivity contribution in [2.24, 2.45) is 0 Å². The van der Waals surface area contributed by atoms with Gasteiger partial charge in [0.05, 0.1) is 19.2 Å². The minimum atomic E-state index is 0.681. The Morgan fingerprint density at radius 1 is 1.23 bits per heavy atom. The quantitative estimate of drug-likeness (QED) is 0.831. The number of nitrogens with zero attached hydrogens (tertiary/aromatic N) is 2. The Hall–Kier alpha value is -2.01. The van der Waals surface area contributed by atoms with Crippen molar-refractivity contribution in [1.29, 1.82) is 0 Å². The van der Waals surface area contributed by atoms with Crippen LogP contribution in [0.2, 0.25) is 0 Å². The number of methoxy groups -OCH3 is 1. The van der Waals surface area contributed by atoms with Crippen molar-refractivity contribution >= 4 is 16.6 Å². The maximum Gasteiger partial charge on any atom is 0.163 e. The molecule has 2 heterocycles. The van der Waals surface area contributed by atoms with Crippen molar-refractivity contribution in [2.75, 3.05) is 39.1 Å². The van der Waals surface area contributed by atoms with Crippen molar-refractivity contribution < 1.29 is 9.47 Å². The van der Waals surface area contributed by atoms with Crippen molar-refractivity contribution in [1.82, 2.24) is 9.88 Å². The van der Waals surface area contributed by atoms with Crippen LogP contribution in [0.4, 0.5) is 5.69 Å². The van der Waals surface area contributed by atoms with Crippen molar-refractivity contribution in [3.8, 4) is 11.5 Å². The number of pyridine rings is 1. The molecular formula is C17H23N3O2. The van der Waals surface area contributed by atoms with Gasteiger partial charge in [-0.3, -0.25) is 4.98 Å². The van der Waals surface area contributed by atoms with E-state index in [-0.39, 0.29) is 0 Å². The molecule has 22 heavy (non-hydrogen) atoms. The molecule has 0 atom stereocenters. The summed E-state index contributed by atoms with van der Waals surface area (Å²) in [6, 6.07) is 5.59. The molecule has 1 aliphatic rings. The Morgan fingerprint density at radius 3 is 2.82 bits per heavy atom. The van der Waals surface area contributed by atoms with Crippen LogP contribution in [0.25, 0.3) is 10.9 Å². The molecule has 1 aromatic heterocycles. The first-order valence-corrected chi connectivity index (χ1v) is 7.85. The second kappa shape index (κ2) is 6.83. The smallest absolute Gasteiger partial charge is 0.163 e. The van der Waals surface area contributed by atoms with Crippen LogP contribution >= 0.6 is 0 Å². The predicted octanol–water partition coefficient (Wildman–Crippen LogP) is 2.69. The van der Waals surface area contributed by atoms with Gasteiger partial charge in [-0.1, -0.05) is 0 Å². The lowest BCUT2D eigenvalue weighted by molar-refractivity contribution is 0.254. The van der Waals surface area contributed by atoms with E-state index in [1.165, 1.54) is 25.9 Å². The molecule has 0 unspecified atom stereocenters. The number of rotatable bonds is 6. The van der Waals surface area contributed by atoms with E-state index < -0.39 is 0 Å². The van der Waals surface area contributed by atoms with E-state index in [0.29, 0.717) is 18.0 Å². The largest absolute Gasteiger partial charge is 0.493 e. The number of ether oxygens (including phenoxy) is 2. The van der Waals surface area contributed by atoms with Gasteiger partial charge in [-0.25, -0.2) is 0 Å². The Morgan fingerprint density at radius 2 is 2.05 bits per heavy atom. The molecule has 0 amide bonds. The van der Waals surface area contributed by atoms with Gasteiger partial charge in [-0.05, 0) is 44.5 Å². The number of fused-ring (bicyclic) bond motifs is 1. The van der Waals surface area contributed by atoms with Gasteiger partial charge in [-0.15, -0.1) is 0 Å². The molecule has 0 spiro atoms. The van der Waals surface area contributed by atoms with Crippen LogP contribution in [0.15, 0.2) is 24.4 Å². The van der Waals surface area contributed by atoms with E-state index in [1.54, 1.807) is 19.4 Å². The number of nitrogen functional groups attached to an aromatic ring is 1. The van der Waals surface area contributed by atoms with Gasteiger partial charge in [0.15, 0.2) is 11.5 Å². The zero-order valence-corrected chi connectivity index (χ0v) is 13.0. The highest BCUT2D eigenvalue weighted by Gasteiger charge is 2.12. The number of nitrogens with two attached hydrogens (primary N) is 1. The van der Waals surface area contributed by atoms with Crippen LogP contribution in [0.3, 0.4) is 0 Å². The summed E-state index contributed by atoms with van der Waals surface area (Å²) in [5.74, 6) is 1.43. The molecule has 0 radical (unpaired) electrons. The van der Waals surface area contributed by atoms with E-state index in [1.807, 2.05) is 12.1 Å². The molecule has 1 saturated heterocycles. The van der Waals surface area contributed by atoms with E-state index in [2.05, 4.69) is 9.88 Å². The molecular weight excluding hydrogens is 278 g/mol. The van der Waals surface area contributed by atoms with E-state index in [9.17, 15) is 0 Å². The summed E-state index contributed by atoms with van der Waals surface area (Å²) in [6.45, 7) is 4.23. The molecule has 0 saturated carbocycles. The molecule has 1 aromatic carbocycles. The molecule has 118 valence electrons. The third-order valence-corrected chi connectivity index (χ3v) is 4.14. The molecule has 2 N–H and O–H groups in total. The van der Waals surface area contributed by atoms with Crippen LogP contribution in [-0.4, -0.2) is 43.2 Å². The number of hydrogen-bond donors (Lipinski definition) is 1. The highest BCUT2D eigenvalue weighted by atomic mass is 16.5. The lowest BCUT2D eigenvalue weighted by Crippen LogP contribution is -2.21. The van der Waals surface area contributed by atoms with E-state index in [4.69, 9.17) is 15.2 Å². The average molecular weight is 301 g/mol. The van der Waals surface area contributed by atoms with Crippen LogP contribution in [0.1, 0.15) is 19.3 Å². The van der Waals surface area contributed by atoms with Gasteiger partial charge in [0.25, 0.3) is 0 Å². The van der Waals surface area contributed by atoms with Crippen LogP contribution < -0.4 is 15.2 Å². The summed E-state index contributed by atoms with van der Waals surface area (Å²) in [7, 11) is 1.64. The zero-order chi connectivity index (χ0) is 15.4. The maximum atomic E-state index is 5.98. The van der Waals surface area contributed by atoms with Crippen molar-refractivity contribution in [3.05, 3.63) is 24.4 Å². The molecule has 0 aliphatic carbocycles. The highest BCUT2D eigenvalue weighted by molar-refractivity contribution is 5.92. The molecule has 1 aliphatic heterocycles. The third-order valence-electron chi connectivity index (χ3n) is 4.14. The highest BCUT2D eigenvalue weighted by Crippen LogP contribution is 2.33. The lowest BCUT2D eigenvalue weighted by Gasteiger charge is -2.16. The third kappa shape index (κ3) is 3.25. The number of hydrogen-bond acceptors (Lipinski definition) is 5. The number of anilines is 1. The van der Waals surface area contributed by atoms with E-state index >= 15 is 0 Å². The summed E-state index contributed by atoms with van der Waals surface area (Å²) in [4.78, 5) is 6.83. The van der Waals surface area contributed by atoms with Gasteiger partial charge in [0.2, 0.25) is 0 Å². The molecule has 3 rings (SSSR count). The van der Waals surface area contributed by atoms with Crippen molar-refractivity contribution in [2.45, 2.75) is 19.3 Å². The summed E-state index contributed by atoms with van der Waals surface area (Å²) in [5.41, 5.74) is 7.51. The predicted molar refractivity (Wildman–Crippen MR) is 88.5 cm³/mol. The molecule has 5 heteroatoms. The Kier molecular flexibility index (Phi) is 4.63. The molecule has 0 bridgehead atoms. The van der Waals surface area contributed by atoms with Crippen LogP contribution in [0, 0.1) is 0 Å². The monoisotopic (exact) mass is 301 g/mol. The minimum Gasteiger partial charge on any atom is -0.493 e. The average Bonchev–Trinajstić information content (AvgIpc) is 3.04. The molecule has 2 aromatic rings. The first-order chi connectivity index (χ1) is 10.8. The second-order valence-corrected chi connectivity index (χ2v) is 5.67. The van der Waals surface area contributed by atoms with Crippen molar-refractivity contribution in [3.63, 3.8) is 0 Å². The molecule has 5 nitrogen and oxygen atoms in total. The number of likely N-dealkylation sites (tertiary alicyclic amines) is 1. The Balaban J connectivity index is 1.66. The molecule has 1 fully saturated rings. The fourth-order valence-electron chi connectivity index (χ4n) is 2.92. The first-order valence-electron chi connectivity index (χ1n) is 7.85. The normalized spacial score (nSPS) is 15.3. The topological polar surface area (TPSA) is 60.6 Å². The van der Waals surface area contributed by atoms with Gasteiger partial charge >= 0.3 is 0 Å². The Labute approximate surface area is 131 Å². The summed E-state index contributed by atoms with van der Waals surface area (Å²) < 4.78 is 11.3. The van der Waals surface area contributed by atoms with Gasteiger partial charge < -0.3 is 20.1 Å². The fraction of sp³-hybridized carbons (Fsp3) is 0.471. The van der Waals surface area contributed by atoms with Crippen LogP contribution in [0.5, 0.6) is 11.5 Å². The van der Waals surface area contributed by atoms with Gasteiger partial charge in [0.1, 0.15) is 0 Å². The summed E-state index contributed by atoms with van der Waals surface area (Å²) >= 11 is 0. The van der Waals surface area contributed by atoms with Gasteiger partial charge in [0, 0.05) is 29.9 Å². The minimum absolute atomic E-state index is 0.681. The summed E-state index contributed by atoms with van der Waals surface area (Å²) in [5, 5.41) is 0.892. The fourth-order valence-corrected chi connectivity index (χ4v) is 2.92. The Bertz CT molecular complexity index is 639.